The van der Waals surface area contributed by atoms with Crippen LogP contribution in [0.25, 0.3) is 0 Å². The van der Waals surface area contributed by atoms with Crippen LogP contribution < -0.4 is 0 Å². The summed E-state index contributed by atoms with van der Waals surface area (Å²) >= 11 is 0. The third-order valence-electron chi connectivity index (χ3n) is 2.57. The third kappa shape index (κ3) is 5.50. The van der Waals surface area contributed by atoms with Gasteiger partial charge < -0.3 is 9.05 Å². The minimum absolute atomic E-state index is 0.0491. The van der Waals surface area contributed by atoms with Crippen molar-refractivity contribution in [1.29, 1.82) is 0 Å². The maximum Gasteiger partial charge on any atom is 0.416 e. The summed E-state index contributed by atoms with van der Waals surface area (Å²) in [6, 6.07) is 3.13. The second-order valence-electron chi connectivity index (χ2n) is 4.45. The fourth-order valence-electron chi connectivity index (χ4n) is 1.77. The predicted octanol–water partition coefficient (Wildman–Crippen LogP) is 4.35. The van der Waals surface area contributed by atoms with Gasteiger partial charge in [-0.2, -0.15) is 13.2 Å². The highest BCUT2D eigenvalue weighted by atomic mass is 32.2. The van der Waals surface area contributed by atoms with E-state index in [1.807, 2.05) is 0 Å². The smallest absolute Gasteiger partial charge is 0.308 e. The number of hydrogen-bond donors (Lipinski definition) is 0. The Hall–Kier alpha value is -0.690. The van der Waals surface area contributed by atoms with Gasteiger partial charge in [-0.15, -0.1) is 0 Å². The topological polar surface area (TPSA) is 52.6 Å². The van der Waals surface area contributed by atoms with Gasteiger partial charge in [-0.25, -0.2) is 0 Å². The largest absolute Gasteiger partial charge is 0.416 e. The van der Waals surface area contributed by atoms with Gasteiger partial charge in [-0.1, -0.05) is 0 Å². The second-order valence-corrected chi connectivity index (χ2v) is 8.39. The molecule has 0 radical (unpaired) electrons. The summed E-state index contributed by atoms with van der Waals surface area (Å²) in [5.41, 5.74) is -1.05. The molecule has 0 spiro atoms. The first-order valence-electron chi connectivity index (χ1n) is 6.56. The Labute approximate surface area is 130 Å². The van der Waals surface area contributed by atoms with Crippen molar-refractivity contribution in [1.82, 2.24) is 0 Å². The molecule has 0 saturated heterocycles. The molecule has 0 saturated carbocycles. The van der Waals surface area contributed by atoms with Crippen molar-refractivity contribution in [3.05, 3.63) is 29.3 Å². The number of benzene rings is 1. The minimum atomic E-state index is -4.53. The normalized spacial score (nSPS) is 14.1. The second kappa shape index (κ2) is 7.73. The number of halogens is 3. The molecule has 9 heteroatoms. The Kier molecular flexibility index (Phi) is 6.80. The lowest BCUT2D eigenvalue weighted by molar-refractivity contribution is -0.137. The average molecular weight is 358 g/mol. The maximum atomic E-state index is 12.8. The molecule has 1 rings (SSSR count). The van der Waals surface area contributed by atoms with Crippen molar-refractivity contribution < 1.29 is 31.0 Å². The zero-order valence-corrected chi connectivity index (χ0v) is 14.2. The number of hydrogen-bond acceptors (Lipinski definition) is 4. The van der Waals surface area contributed by atoms with Crippen LogP contribution in [-0.2, 0) is 30.6 Å². The molecule has 1 aromatic rings. The molecule has 0 heterocycles. The molecule has 22 heavy (non-hydrogen) atoms. The molecule has 0 aromatic heterocycles. The molecule has 0 aliphatic carbocycles. The number of rotatable bonds is 7. The number of aryl methyl sites for hydroxylation is 1. The zero-order chi connectivity index (χ0) is 17.0. The molecule has 0 bridgehead atoms. The lowest BCUT2D eigenvalue weighted by atomic mass is 10.1. The van der Waals surface area contributed by atoms with Gasteiger partial charge in [0.25, 0.3) is 0 Å². The Bertz CT molecular complexity index is 579. The van der Waals surface area contributed by atoms with Gasteiger partial charge in [-0.05, 0) is 44.5 Å². The van der Waals surface area contributed by atoms with Crippen molar-refractivity contribution in [2.45, 2.75) is 31.8 Å². The van der Waals surface area contributed by atoms with Gasteiger partial charge >= 0.3 is 13.8 Å². The molecule has 0 amide bonds. The third-order valence-corrected chi connectivity index (χ3v) is 6.84. The summed E-state index contributed by atoms with van der Waals surface area (Å²) in [4.78, 5) is -0.0491. The molecular formula is C13H18F3O4PS. The van der Waals surface area contributed by atoms with E-state index in [2.05, 4.69) is 0 Å². The summed E-state index contributed by atoms with van der Waals surface area (Å²) in [6.45, 7) is 4.86. The number of alkyl halides is 3. The van der Waals surface area contributed by atoms with Gasteiger partial charge in [0.05, 0.1) is 29.6 Å². The van der Waals surface area contributed by atoms with Crippen LogP contribution in [0.3, 0.4) is 0 Å². The quantitative estimate of drug-likeness (QED) is 0.680. The molecule has 126 valence electrons. The molecule has 0 N–H and O–H groups in total. The Balaban J connectivity index is 3.07. The SMILES string of the molecule is CCOP(=O)(CS(=O)c1cc(C)cc(C(F)(F)F)c1)OCC. The first kappa shape index (κ1) is 19.4. The molecule has 1 aromatic carbocycles. The van der Waals surface area contributed by atoms with Crippen LogP contribution in [0.2, 0.25) is 0 Å². The molecule has 1 unspecified atom stereocenters. The maximum absolute atomic E-state index is 12.8. The predicted molar refractivity (Wildman–Crippen MR) is 78.3 cm³/mol. The molecule has 0 fully saturated rings. The molecular weight excluding hydrogens is 340 g/mol. The Morgan fingerprint density at radius 3 is 2.14 bits per heavy atom. The lowest BCUT2D eigenvalue weighted by Gasteiger charge is -2.17. The highest BCUT2D eigenvalue weighted by Crippen LogP contribution is 2.49. The summed E-state index contributed by atoms with van der Waals surface area (Å²) < 4.78 is 72.9. The van der Waals surface area contributed by atoms with Crippen LogP contribution in [0, 0.1) is 6.92 Å². The molecule has 0 aliphatic heterocycles. The van der Waals surface area contributed by atoms with Crippen LogP contribution in [0.15, 0.2) is 23.1 Å². The van der Waals surface area contributed by atoms with Gasteiger partial charge in [0, 0.05) is 4.90 Å². The molecule has 4 nitrogen and oxygen atoms in total. The Morgan fingerprint density at radius 2 is 1.68 bits per heavy atom. The van der Waals surface area contributed by atoms with E-state index in [9.17, 15) is 21.9 Å². The van der Waals surface area contributed by atoms with Crippen LogP contribution in [-0.4, -0.2) is 22.9 Å². The van der Waals surface area contributed by atoms with Crippen LogP contribution in [0.4, 0.5) is 13.2 Å². The standard InChI is InChI=1S/C13H18F3O4PS/c1-4-19-21(17,20-5-2)9-22(18)12-7-10(3)6-11(8-12)13(14,15)16/h6-8H,4-5,9H2,1-3H3. The van der Waals surface area contributed by atoms with E-state index < -0.39 is 35.6 Å². The van der Waals surface area contributed by atoms with Crippen LogP contribution in [0.1, 0.15) is 25.0 Å². The van der Waals surface area contributed by atoms with Gasteiger partial charge in [-0.3, -0.25) is 8.77 Å². The van der Waals surface area contributed by atoms with Crippen LogP contribution >= 0.6 is 7.60 Å². The van der Waals surface area contributed by atoms with Crippen molar-refractivity contribution in [3.63, 3.8) is 0 Å². The summed E-state index contributed by atoms with van der Waals surface area (Å²) in [6.07, 6.45) is -4.53. The first-order valence-corrected chi connectivity index (χ1v) is 9.61. The van der Waals surface area contributed by atoms with Crippen molar-refractivity contribution in [2.75, 3.05) is 18.7 Å². The molecule has 1 atom stereocenters. The van der Waals surface area contributed by atoms with E-state index >= 15 is 0 Å². The van der Waals surface area contributed by atoms with E-state index in [0.717, 1.165) is 12.1 Å². The zero-order valence-electron chi connectivity index (χ0n) is 12.5. The average Bonchev–Trinajstić information content (AvgIpc) is 2.37. The monoisotopic (exact) mass is 358 g/mol. The van der Waals surface area contributed by atoms with Gasteiger partial charge in [0.1, 0.15) is 5.49 Å². The fourth-order valence-corrected chi connectivity index (χ4v) is 5.54. The molecule has 0 aliphatic rings. The van der Waals surface area contributed by atoms with Crippen LogP contribution in [0.5, 0.6) is 0 Å². The van der Waals surface area contributed by atoms with E-state index in [-0.39, 0.29) is 18.1 Å². The van der Waals surface area contributed by atoms with E-state index in [4.69, 9.17) is 9.05 Å². The van der Waals surface area contributed by atoms with E-state index in [0.29, 0.717) is 5.56 Å². The first-order chi connectivity index (χ1) is 10.1. The Morgan fingerprint density at radius 1 is 1.14 bits per heavy atom. The highest BCUT2D eigenvalue weighted by Gasteiger charge is 2.33. The van der Waals surface area contributed by atoms with Crippen molar-refractivity contribution in [2.24, 2.45) is 0 Å². The summed E-state index contributed by atoms with van der Waals surface area (Å²) in [7, 11) is -5.52. The van der Waals surface area contributed by atoms with E-state index in [1.54, 1.807) is 13.8 Å². The van der Waals surface area contributed by atoms with E-state index in [1.165, 1.54) is 13.0 Å². The lowest BCUT2D eigenvalue weighted by Crippen LogP contribution is -2.09. The highest BCUT2D eigenvalue weighted by molar-refractivity contribution is 7.92. The van der Waals surface area contributed by atoms with Gasteiger partial charge in [0.15, 0.2) is 0 Å². The van der Waals surface area contributed by atoms with Crippen molar-refractivity contribution in [3.8, 4) is 0 Å². The minimum Gasteiger partial charge on any atom is -0.308 e. The van der Waals surface area contributed by atoms with Crippen molar-refractivity contribution >= 4 is 18.4 Å². The summed E-state index contributed by atoms with van der Waals surface area (Å²) in [5.74, 6) is 0. The summed E-state index contributed by atoms with van der Waals surface area (Å²) in [5, 5.41) is 0. The van der Waals surface area contributed by atoms with Gasteiger partial charge in [0.2, 0.25) is 0 Å². The fraction of sp³-hybridized carbons (Fsp3) is 0.538.